The summed E-state index contributed by atoms with van der Waals surface area (Å²) in [5.41, 5.74) is 18.5. The maximum absolute atomic E-state index is 11.5. The molecule has 2 heterocycles. The maximum atomic E-state index is 11.5. The number of guanidine groups is 2. The van der Waals surface area contributed by atoms with Crippen LogP contribution < -0.4 is 26.7 Å². The molecule has 0 unspecified atom stereocenters. The van der Waals surface area contributed by atoms with Crippen LogP contribution in [0.25, 0.3) is 16.9 Å². The molecular weight excluding hydrogens is 390 g/mol. The summed E-state index contributed by atoms with van der Waals surface area (Å²) < 4.78 is 12.3. The van der Waals surface area contributed by atoms with E-state index in [2.05, 4.69) is 15.1 Å². The van der Waals surface area contributed by atoms with Crippen molar-refractivity contribution in [1.29, 1.82) is 0 Å². The van der Waals surface area contributed by atoms with Crippen LogP contribution in [-0.2, 0) is 0 Å². The number of hydrogen-bond donors (Lipinski definition) is 4. The third kappa shape index (κ3) is 3.71. The molecule has 0 saturated carbocycles. The van der Waals surface area contributed by atoms with Gasteiger partial charge in [0.1, 0.15) is 0 Å². The van der Waals surface area contributed by atoms with E-state index in [9.17, 15) is 9.90 Å². The molecule has 11 nitrogen and oxygen atoms in total. The number of carbonyl (C=O) groups is 1. The van der Waals surface area contributed by atoms with Crippen molar-refractivity contribution in [3.63, 3.8) is 0 Å². The van der Waals surface area contributed by atoms with E-state index in [1.165, 1.54) is 10.7 Å². The van der Waals surface area contributed by atoms with Gasteiger partial charge in [0.2, 0.25) is 12.8 Å². The molecule has 11 heteroatoms. The van der Waals surface area contributed by atoms with Gasteiger partial charge in [0.05, 0.1) is 17.1 Å². The Morgan fingerprint density at radius 3 is 2.47 bits per heavy atom. The largest absolute Gasteiger partial charge is 0.476 e. The molecule has 1 aliphatic heterocycles. The van der Waals surface area contributed by atoms with Crippen molar-refractivity contribution < 1.29 is 19.4 Å². The molecule has 1 aromatic heterocycles. The molecular formula is C19H17N7O4. The molecule has 0 spiro atoms. The summed E-state index contributed by atoms with van der Waals surface area (Å²) in [5.74, 6) is -0.210. The van der Waals surface area contributed by atoms with E-state index in [4.69, 9.17) is 26.7 Å². The summed E-state index contributed by atoms with van der Waals surface area (Å²) >= 11 is 0. The minimum Gasteiger partial charge on any atom is -0.476 e. The Kier molecular flexibility index (Phi) is 4.68. The summed E-state index contributed by atoms with van der Waals surface area (Å²) in [7, 11) is 0. The molecule has 3 aromatic rings. The zero-order chi connectivity index (χ0) is 21.3. The van der Waals surface area contributed by atoms with Gasteiger partial charge >= 0.3 is 5.97 Å². The zero-order valence-electron chi connectivity index (χ0n) is 15.5. The quantitative estimate of drug-likeness (QED) is 0.368. The fraction of sp³-hybridized carbons (Fsp3) is 0.0526. The number of benzene rings is 2. The van der Waals surface area contributed by atoms with E-state index in [0.29, 0.717) is 28.6 Å². The van der Waals surface area contributed by atoms with Crippen LogP contribution >= 0.6 is 0 Å². The van der Waals surface area contributed by atoms with E-state index in [0.717, 1.165) is 5.56 Å². The molecule has 152 valence electrons. The lowest BCUT2D eigenvalue weighted by atomic mass is 10.1. The van der Waals surface area contributed by atoms with Crippen LogP contribution in [-0.4, -0.2) is 39.6 Å². The lowest BCUT2D eigenvalue weighted by molar-refractivity contribution is 0.0690. The van der Waals surface area contributed by atoms with Crippen LogP contribution in [0, 0.1) is 0 Å². The van der Waals surface area contributed by atoms with Gasteiger partial charge in [-0.3, -0.25) is 0 Å². The first-order valence-electron chi connectivity index (χ1n) is 8.68. The fourth-order valence-electron chi connectivity index (χ4n) is 2.90. The highest BCUT2D eigenvalue weighted by Gasteiger charge is 2.19. The van der Waals surface area contributed by atoms with Crippen LogP contribution in [0.3, 0.4) is 0 Å². The number of ether oxygens (including phenoxy) is 2. The number of carboxylic acids is 1. The highest BCUT2D eigenvalue weighted by Crippen LogP contribution is 2.36. The van der Waals surface area contributed by atoms with Gasteiger partial charge in [-0.25, -0.2) is 14.5 Å². The fourth-order valence-corrected chi connectivity index (χ4v) is 2.90. The predicted molar refractivity (Wildman–Crippen MR) is 109 cm³/mol. The average molecular weight is 407 g/mol. The topological polar surface area (TPSA) is 176 Å². The van der Waals surface area contributed by atoms with Gasteiger partial charge in [-0.2, -0.15) is 10.1 Å². The smallest absolute Gasteiger partial charge is 0.356 e. The monoisotopic (exact) mass is 407 g/mol. The van der Waals surface area contributed by atoms with Gasteiger partial charge in [-0.15, -0.1) is 0 Å². The van der Waals surface area contributed by atoms with Crippen LogP contribution in [0.1, 0.15) is 10.5 Å². The van der Waals surface area contributed by atoms with Gasteiger partial charge in [0, 0.05) is 5.56 Å². The Balaban J connectivity index is 1.74. The van der Waals surface area contributed by atoms with Crippen molar-refractivity contribution in [2.24, 2.45) is 27.2 Å². The molecule has 0 bridgehead atoms. The summed E-state index contributed by atoms with van der Waals surface area (Å²) in [4.78, 5) is 19.2. The van der Waals surface area contributed by atoms with Crippen molar-refractivity contribution in [2.45, 2.75) is 0 Å². The number of aromatic carboxylic acids is 1. The number of nitrogens with zero attached hydrogens (tertiary/aromatic N) is 4. The maximum Gasteiger partial charge on any atom is 0.356 e. The number of aliphatic imine (C=N–C) groups is 2. The summed E-state index contributed by atoms with van der Waals surface area (Å²) in [6.45, 7) is 0.142. The minimum atomic E-state index is -1.14. The first-order valence-corrected chi connectivity index (χ1v) is 8.68. The second kappa shape index (κ2) is 7.47. The molecule has 0 aliphatic carbocycles. The molecule has 0 radical (unpaired) electrons. The molecule has 1 aliphatic rings. The number of fused-ring (bicyclic) bond motifs is 1. The van der Waals surface area contributed by atoms with Crippen LogP contribution in [0.15, 0.2) is 58.5 Å². The number of hydrogen-bond acceptors (Lipinski definition) is 5. The van der Waals surface area contributed by atoms with Crippen molar-refractivity contribution in [1.82, 2.24) is 9.78 Å². The average Bonchev–Trinajstić information content (AvgIpc) is 3.34. The van der Waals surface area contributed by atoms with Crippen LogP contribution in [0.5, 0.6) is 11.5 Å². The SMILES string of the molecule is NC(N)=NC(N)=Nc1ccc(-n2nc(C(=O)O)cc2-c2ccc3c(c2)OCO3)cc1. The number of aromatic nitrogens is 2. The summed E-state index contributed by atoms with van der Waals surface area (Å²) in [6, 6.07) is 13.6. The second-order valence-electron chi connectivity index (χ2n) is 6.22. The normalized spacial score (nSPS) is 12.6. The standard InChI is InChI=1S/C19H17N7O4/c20-18(21)24-19(22)23-11-2-4-12(5-3-11)26-14(8-13(25-26)17(27)28)10-1-6-15-16(7-10)30-9-29-15/h1-8H,9H2,(H,27,28)(H6,20,21,22,23,24). The Morgan fingerprint density at radius 2 is 1.77 bits per heavy atom. The number of nitrogens with two attached hydrogens (primary N) is 3. The predicted octanol–water partition coefficient (Wildman–Crippen LogP) is 1.19. The van der Waals surface area contributed by atoms with Gasteiger partial charge < -0.3 is 31.8 Å². The minimum absolute atomic E-state index is 0.0870. The summed E-state index contributed by atoms with van der Waals surface area (Å²) in [6.07, 6.45) is 0. The van der Waals surface area contributed by atoms with E-state index >= 15 is 0 Å². The third-order valence-electron chi connectivity index (χ3n) is 4.18. The molecule has 0 saturated heterocycles. The highest BCUT2D eigenvalue weighted by molar-refractivity contribution is 5.93. The Bertz CT molecular complexity index is 1180. The van der Waals surface area contributed by atoms with Gasteiger partial charge in [0.15, 0.2) is 23.2 Å². The second-order valence-corrected chi connectivity index (χ2v) is 6.22. The van der Waals surface area contributed by atoms with Crippen molar-refractivity contribution >= 4 is 23.6 Å². The highest BCUT2D eigenvalue weighted by atomic mass is 16.7. The number of rotatable bonds is 4. The molecule has 7 N–H and O–H groups in total. The van der Waals surface area contributed by atoms with Crippen LogP contribution in [0.4, 0.5) is 5.69 Å². The van der Waals surface area contributed by atoms with Crippen molar-refractivity contribution in [2.75, 3.05) is 6.79 Å². The lowest BCUT2D eigenvalue weighted by Gasteiger charge is -2.08. The van der Waals surface area contributed by atoms with Gasteiger partial charge in [-0.05, 0) is 48.5 Å². The zero-order valence-corrected chi connectivity index (χ0v) is 15.5. The Hall–Kier alpha value is -4.54. The van der Waals surface area contributed by atoms with E-state index in [1.807, 2.05) is 0 Å². The van der Waals surface area contributed by atoms with Gasteiger partial charge in [0.25, 0.3) is 0 Å². The van der Waals surface area contributed by atoms with E-state index < -0.39 is 5.97 Å². The molecule has 2 aromatic carbocycles. The molecule has 0 atom stereocenters. The van der Waals surface area contributed by atoms with Gasteiger partial charge in [-0.1, -0.05) is 0 Å². The lowest BCUT2D eigenvalue weighted by Crippen LogP contribution is -2.26. The first-order chi connectivity index (χ1) is 14.4. The molecule has 4 rings (SSSR count). The van der Waals surface area contributed by atoms with Crippen molar-refractivity contribution in [3.8, 4) is 28.4 Å². The van der Waals surface area contributed by atoms with Crippen LogP contribution in [0.2, 0.25) is 0 Å². The first kappa shape index (κ1) is 18.8. The van der Waals surface area contributed by atoms with Crippen molar-refractivity contribution in [3.05, 3.63) is 54.2 Å². The molecule has 0 amide bonds. The molecule has 30 heavy (non-hydrogen) atoms. The van der Waals surface area contributed by atoms with E-state index in [1.54, 1.807) is 42.5 Å². The number of carboxylic acid groups (broad SMARTS) is 1. The van der Waals surface area contributed by atoms with E-state index in [-0.39, 0.29) is 24.4 Å². The third-order valence-corrected chi connectivity index (χ3v) is 4.18. The summed E-state index contributed by atoms with van der Waals surface area (Å²) in [5, 5.41) is 13.6. The Labute approximate surface area is 170 Å². The Morgan fingerprint density at radius 1 is 1.03 bits per heavy atom. The molecule has 0 fully saturated rings.